The van der Waals surface area contributed by atoms with Crippen molar-refractivity contribution < 1.29 is 14.7 Å². The van der Waals surface area contributed by atoms with E-state index < -0.39 is 17.9 Å². The minimum Gasteiger partial charge on any atom is -0.481 e. The molecule has 0 aliphatic heterocycles. The smallest absolute Gasteiger partial charge is 0.308 e. The third-order valence-corrected chi connectivity index (χ3v) is 3.97. The van der Waals surface area contributed by atoms with E-state index in [1.165, 1.54) is 0 Å². The van der Waals surface area contributed by atoms with Crippen LogP contribution in [0.15, 0.2) is 0 Å². The molecule has 0 bridgehead atoms. The van der Waals surface area contributed by atoms with Crippen molar-refractivity contribution in [1.82, 2.24) is 5.32 Å². The molecule has 4 N–H and O–H groups in total. The summed E-state index contributed by atoms with van der Waals surface area (Å²) in [7, 11) is 0. The van der Waals surface area contributed by atoms with Crippen molar-refractivity contribution in [1.29, 1.82) is 0 Å². The summed E-state index contributed by atoms with van der Waals surface area (Å²) in [4.78, 5) is 23.1. The summed E-state index contributed by atoms with van der Waals surface area (Å²) in [6, 6.07) is -0.815. The molecule has 104 valence electrons. The molecule has 0 aromatic heterocycles. The van der Waals surface area contributed by atoms with Gasteiger partial charge in [0.1, 0.15) is 0 Å². The zero-order chi connectivity index (χ0) is 13.7. The van der Waals surface area contributed by atoms with Crippen molar-refractivity contribution in [3.63, 3.8) is 0 Å². The highest BCUT2D eigenvalue weighted by Crippen LogP contribution is 2.24. The van der Waals surface area contributed by atoms with E-state index in [4.69, 9.17) is 10.8 Å². The topological polar surface area (TPSA) is 92.4 Å². The van der Waals surface area contributed by atoms with Crippen LogP contribution in [-0.2, 0) is 9.59 Å². The predicted molar refractivity (Wildman–Crippen MR) is 69.0 cm³/mol. The van der Waals surface area contributed by atoms with Crippen LogP contribution in [0.5, 0.6) is 0 Å². The van der Waals surface area contributed by atoms with Crippen molar-refractivity contribution in [2.75, 3.05) is 0 Å². The molecule has 1 amide bonds. The van der Waals surface area contributed by atoms with E-state index in [1.807, 2.05) is 13.8 Å². The monoisotopic (exact) mass is 256 g/mol. The van der Waals surface area contributed by atoms with Crippen LogP contribution in [0.2, 0.25) is 0 Å². The quantitative estimate of drug-likeness (QED) is 0.687. The molecule has 5 heteroatoms. The normalized spacial score (nSPS) is 27.3. The number of carboxylic acid groups (broad SMARTS) is 1. The molecule has 1 saturated carbocycles. The van der Waals surface area contributed by atoms with Gasteiger partial charge in [0.15, 0.2) is 0 Å². The lowest BCUT2D eigenvalue weighted by molar-refractivity contribution is -0.144. The maximum Gasteiger partial charge on any atom is 0.308 e. The van der Waals surface area contributed by atoms with Gasteiger partial charge >= 0.3 is 5.97 Å². The summed E-state index contributed by atoms with van der Waals surface area (Å²) in [6.07, 6.45) is 4.09. The van der Waals surface area contributed by atoms with Gasteiger partial charge in [0, 0.05) is 6.04 Å². The molecule has 18 heavy (non-hydrogen) atoms. The molecule has 0 spiro atoms. The molecule has 0 aromatic rings. The number of nitrogens with two attached hydrogens (primary N) is 1. The minimum absolute atomic E-state index is 0.108. The van der Waals surface area contributed by atoms with E-state index >= 15 is 0 Å². The Balaban J connectivity index is 2.58. The molecule has 0 aromatic carbocycles. The van der Waals surface area contributed by atoms with Gasteiger partial charge in [0.05, 0.1) is 12.0 Å². The predicted octanol–water partition coefficient (Wildman–Crippen LogP) is 1.12. The first-order chi connectivity index (χ1) is 8.47. The lowest BCUT2D eigenvalue weighted by atomic mass is 9.84. The first kappa shape index (κ1) is 15.0. The zero-order valence-electron chi connectivity index (χ0n) is 11.2. The number of amides is 1. The first-order valence-electron chi connectivity index (χ1n) is 6.76. The van der Waals surface area contributed by atoms with Gasteiger partial charge in [0.25, 0.3) is 0 Å². The summed E-state index contributed by atoms with van der Waals surface area (Å²) >= 11 is 0. The molecule has 3 unspecified atom stereocenters. The van der Waals surface area contributed by atoms with Gasteiger partial charge in [-0.05, 0) is 18.8 Å². The fourth-order valence-electron chi connectivity index (χ4n) is 2.39. The number of nitrogens with one attached hydrogen (secondary N) is 1. The Morgan fingerprint density at radius 1 is 1.39 bits per heavy atom. The van der Waals surface area contributed by atoms with Gasteiger partial charge in [-0.15, -0.1) is 0 Å². The number of carbonyl (C=O) groups is 2. The van der Waals surface area contributed by atoms with Crippen LogP contribution in [0.3, 0.4) is 0 Å². The molecule has 1 rings (SSSR count). The van der Waals surface area contributed by atoms with Crippen molar-refractivity contribution in [3.8, 4) is 0 Å². The zero-order valence-corrected chi connectivity index (χ0v) is 11.2. The second kappa shape index (κ2) is 6.73. The molecule has 0 radical (unpaired) electrons. The van der Waals surface area contributed by atoms with Gasteiger partial charge in [0.2, 0.25) is 5.91 Å². The first-order valence-corrected chi connectivity index (χ1v) is 6.76. The Hall–Kier alpha value is -1.10. The van der Waals surface area contributed by atoms with Gasteiger partial charge < -0.3 is 16.2 Å². The van der Waals surface area contributed by atoms with E-state index in [2.05, 4.69) is 5.32 Å². The van der Waals surface area contributed by atoms with Crippen LogP contribution in [0.1, 0.15) is 46.0 Å². The number of hydrogen-bond donors (Lipinski definition) is 3. The van der Waals surface area contributed by atoms with Crippen molar-refractivity contribution in [3.05, 3.63) is 0 Å². The van der Waals surface area contributed by atoms with Gasteiger partial charge in [-0.2, -0.15) is 0 Å². The maximum absolute atomic E-state index is 12.0. The summed E-state index contributed by atoms with van der Waals surface area (Å²) in [5.41, 5.74) is 5.85. The Labute approximate surface area is 108 Å². The molecule has 1 aliphatic rings. The number of carbonyl (C=O) groups excluding carboxylic acids is 1. The van der Waals surface area contributed by atoms with Crippen molar-refractivity contribution in [2.45, 2.75) is 58.0 Å². The third kappa shape index (κ3) is 3.70. The number of carboxylic acids is 1. The Morgan fingerprint density at radius 2 is 2.00 bits per heavy atom. The molecule has 0 heterocycles. The number of rotatable bonds is 5. The molecular weight excluding hydrogens is 232 g/mol. The summed E-state index contributed by atoms with van der Waals surface area (Å²) < 4.78 is 0. The molecule has 1 fully saturated rings. The van der Waals surface area contributed by atoms with E-state index in [9.17, 15) is 9.59 Å². The average Bonchev–Trinajstić information content (AvgIpc) is 2.37. The van der Waals surface area contributed by atoms with Gasteiger partial charge in [-0.25, -0.2) is 0 Å². The Morgan fingerprint density at radius 3 is 2.56 bits per heavy atom. The second-order valence-electron chi connectivity index (χ2n) is 5.26. The van der Waals surface area contributed by atoms with E-state index in [1.54, 1.807) is 0 Å². The highest BCUT2D eigenvalue weighted by molar-refractivity contribution is 5.83. The number of aliphatic carboxylic acids is 1. The average molecular weight is 256 g/mol. The highest BCUT2D eigenvalue weighted by Gasteiger charge is 2.33. The van der Waals surface area contributed by atoms with Crippen molar-refractivity contribution in [2.24, 2.45) is 17.6 Å². The van der Waals surface area contributed by atoms with Crippen molar-refractivity contribution >= 4 is 11.9 Å². The summed E-state index contributed by atoms with van der Waals surface area (Å²) in [5, 5.41) is 12.0. The highest BCUT2D eigenvalue weighted by atomic mass is 16.4. The number of hydrogen-bond acceptors (Lipinski definition) is 3. The second-order valence-corrected chi connectivity index (χ2v) is 5.26. The SMILES string of the molecule is CCC(C)[C@H](N)C(=O)NC1CCCCC1C(=O)O. The van der Waals surface area contributed by atoms with E-state index in [-0.39, 0.29) is 17.9 Å². The summed E-state index contributed by atoms with van der Waals surface area (Å²) in [6.45, 7) is 3.91. The molecule has 1 aliphatic carbocycles. The van der Waals surface area contributed by atoms with Crippen LogP contribution in [0.4, 0.5) is 0 Å². The lowest BCUT2D eigenvalue weighted by Crippen LogP contribution is -2.52. The van der Waals surface area contributed by atoms with E-state index in [0.717, 1.165) is 25.7 Å². The van der Waals surface area contributed by atoms with Crippen LogP contribution < -0.4 is 11.1 Å². The van der Waals surface area contributed by atoms with E-state index in [0.29, 0.717) is 6.42 Å². The minimum atomic E-state index is -0.822. The largest absolute Gasteiger partial charge is 0.481 e. The van der Waals surface area contributed by atoms with Gasteiger partial charge in [-0.3, -0.25) is 9.59 Å². The third-order valence-electron chi connectivity index (χ3n) is 3.97. The molecule has 4 atom stereocenters. The lowest BCUT2D eigenvalue weighted by Gasteiger charge is -2.30. The maximum atomic E-state index is 12.0. The molecular formula is C13H24N2O3. The standard InChI is InChI=1S/C13H24N2O3/c1-3-8(2)11(14)12(16)15-10-7-5-4-6-9(10)13(17)18/h8-11H,3-7,14H2,1-2H3,(H,15,16)(H,17,18)/t8?,9?,10?,11-/m0/s1. The Bertz CT molecular complexity index is 307. The summed E-state index contributed by atoms with van der Waals surface area (Å²) in [5.74, 6) is -1.40. The van der Waals surface area contributed by atoms with Gasteiger partial charge in [-0.1, -0.05) is 33.1 Å². The van der Waals surface area contributed by atoms with Crippen LogP contribution >= 0.6 is 0 Å². The van der Waals surface area contributed by atoms with Crippen LogP contribution in [0.25, 0.3) is 0 Å². The van der Waals surface area contributed by atoms with Crippen LogP contribution in [-0.4, -0.2) is 29.1 Å². The fraction of sp³-hybridized carbons (Fsp3) is 0.846. The molecule has 0 saturated heterocycles. The van der Waals surface area contributed by atoms with Crippen LogP contribution in [0, 0.1) is 11.8 Å². The molecule has 5 nitrogen and oxygen atoms in total. The Kier molecular flexibility index (Phi) is 5.59. The fourth-order valence-corrected chi connectivity index (χ4v) is 2.39.